The molecule has 0 fully saturated rings. The zero-order valence-electron chi connectivity index (χ0n) is 11.3. The Bertz CT molecular complexity index is 474. The average molecular weight is 266 g/mol. The van der Waals surface area contributed by atoms with Gasteiger partial charge in [0.2, 0.25) is 0 Å². The molecule has 0 atom stereocenters. The Balaban J connectivity index is 2.57. The van der Waals surface area contributed by atoms with Gasteiger partial charge in [-0.3, -0.25) is 10.1 Å². The summed E-state index contributed by atoms with van der Waals surface area (Å²) in [5.41, 5.74) is 1.14. The number of anilines is 1. The molecular weight excluding hydrogens is 248 g/mol. The van der Waals surface area contributed by atoms with Gasteiger partial charge < -0.3 is 15.5 Å². The largest absolute Gasteiger partial charge is 0.378 e. The van der Waals surface area contributed by atoms with Crippen LogP contribution in [0.15, 0.2) is 18.2 Å². The fourth-order valence-electron chi connectivity index (χ4n) is 1.57. The first-order valence-electron chi connectivity index (χ1n) is 5.86. The molecule has 0 unspecified atom stereocenters. The van der Waals surface area contributed by atoms with Crippen LogP contribution in [0.2, 0.25) is 0 Å². The quantitative estimate of drug-likeness (QED) is 0.481. The zero-order chi connectivity index (χ0) is 14.4. The minimum absolute atomic E-state index is 0.0708. The minimum Gasteiger partial charge on any atom is -0.378 e. The average Bonchev–Trinajstić information content (AvgIpc) is 2.33. The summed E-state index contributed by atoms with van der Waals surface area (Å²) in [6.07, 6.45) is 0. The highest BCUT2D eigenvalue weighted by molar-refractivity contribution is 5.73. The maximum atomic E-state index is 11.3. The summed E-state index contributed by atoms with van der Waals surface area (Å²) in [5, 5.41) is 16.6. The molecule has 0 aliphatic heterocycles. The van der Waals surface area contributed by atoms with Gasteiger partial charge in [-0.25, -0.2) is 4.79 Å². The molecule has 0 aliphatic rings. The lowest BCUT2D eigenvalue weighted by molar-refractivity contribution is -0.384. The van der Waals surface area contributed by atoms with Crippen molar-refractivity contribution in [3.05, 3.63) is 33.9 Å². The fourth-order valence-corrected chi connectivity index (χ4v) is 1.57. The Morgan fingerprint density at radius 2 is 2.05 bits per heavy atom. The predicted molar refractivity (Wildman–Crippen MR) is 73.4 cm³/mol. The van der Waals surface area contributed by atoms with Crippen LogP contribution in [0.25, 0.3) is 0 Å². The number of amides is 2. The van der Waals surface area contributed by atoms with Crippen LogP contribution in [0.3, 0.4) is 0 Å². The molecule has 7 heteroatoms. The predicted octanol–water partition coefficient (Wildman–Crippen LogP) is 1.59. The number of nitro groups is 1. The molecule has 0 radical (unpaired) electrons. The van der Waals surface area contributed by atoms with Gasteiger partial charge in [-0.05, 0) is 13.0 Å². The van der Waals surface area contributed by atoms with Crippen LogP contribution >= 0.6 is 0 Å². The molecule has 0 aliphatic carbocycles. The van der Waals surface area contributed by atoms with Crippen molar-refractivity contribution in [3.63, 3.8) is 0 Å². The molecule has 19 heavy (non-hydrogen) atoms. The number of urea groups is 1. The molecule has 2 N–H and O–H groups in total. The SMILES string of the molecule is Cc1cccc(NCCNC(=O)N(C)C)c1[N+](=O)[O-]. The van der Waals surface area contributed by atoms with Crippen LogP contribution in [0.5, 0.6) is 0 Å². The standard InChI is InChI=1S/C12H18N4O3/c1-9-5-4-6-10(11(9)16(18)19)13-7-8-14-12(17)15(2)3/h4-6,13H,7-8H2,1-3H3,(H,14,17). The fraction of sp³-hybridized carbons (Fsp3) is 0.417. The van der Waals surface area contributed by atoms with E-state index in [4.69, 9.17) is 0 Å². The first-order chi connectivity index (χ1) is 8.93. The van der Waals surface area contributed by atoms with Crippen molar-refractivity contribution in [3.8, 4) is 0 Å². The number of benzene rings is 1. The number of nitro benzene ring substituents is 1. The van der Waals surface area contributed by atoms with Crippen molar-refractivity contribution in [2.24, 2.45) is 0 Å². The Labute approximate surface area is 111 Å². The summed E-state index contributed by atoms with van der Waals surface area (Å²) in [6.45, 7) is 2.50. The second kappa shape index (κ2) is 6.58. The number of nitrogens with one attached hydrogen (secondary N) is 2. The first-order valence-corrected chi connectivity index (χ1v) is 5.86. The van der Waals surface area contributed by atoms with Crippen LogP contribution in [0.1, 0.15) is 5.56 Å². The number of para-hydroxylation sites is 1. The van der Waals surface area contributed by atoms with E-state index in [0.29, 0.717) is 24.3 Å². The van der Waals surface area contributed by atoms with E-state index in [2.05, 4.69) is 10.6 Å². The van der Waals surface area contributed by atoms with Gasteiger partial charge in [0.25, 0.3) is 5.69 Å². The van der Waals surface area contributed by atoms with E-state index >= 15 is 0 Å². The Morgan fingerprint density at radius 3 is 2.63 bits per heavy atom. The highest BCUT2D eigenvalue weighted by atomic mass is 16.6. The second-order valence-corrected chi connectivity index (χ2v) is 4.28. The van der Waals surface area contributed by atoms with E-state index < -0.39 is 4.92 Å². The van der Waals surface area contributed by atoms with Crippen LogP contribution < -0.4 is 10.6 Å². The number of hydrogen-bond donors (Lipinski definition) is 2. The molecule has 0 aromatic heterocycles. The molecule has 1 aromatic rings. The lowest BCUT2D eigenvalue weighted by atomic mass is 10.1. The molecule has 0 saturated heterocycles. The highest BCUT2D eigenvalue weighted by Crippen LogP contribution is 2.27. The normalized spacial score (nSPS) is 9.84. The molecule has 7 nitrogen and oxygen atoms in total. The third kappa shape index (κ3) is 4.13. The molecule has 1 aromatic carbocycles. The molecule has 0 saturated carbocycles. The van der Waals surface area contributed by atoms with Gasteiger partial charge in [0.05, 0.1) is 4.92 Å². The van der Waals surface area contributed by atoms with Crippen molar-refractivity contribution in [2.45, 2.75) is 6.92 Å². The van der Waals surface area contributed by atoms with Gasteiger partial charge >= 0.3 is 6.03 Å². The Morgan fingerprint density at radius 1 is 1.37 bits per heavy atom. The number of carbonyl (C=O) groups is 1. The minimum atomic E-state index is -0.407. The number of hydrogen-bond acceptors (Lipinski definition) is 4. The van der Waals surface area contributed by atoms with Gasteiger partial charge in [-0.1, -0.05) is 12.1 Å². The molecule has 2 amide bonds. The summed E-state index contributed by atoms with van der Waals surface area (Å²) >= 11 is 0. The van der Waals surface area contributed by atoms with E-state index in [1.807, 2.05) is 0 Å². The van der Waals surface area contributed by atoms with Gasteiger partial charge in [0, 0.05) is 32.7 Å². The summed E-state index contributed by atoms with van der Waals surface area (Å²) in [5.74, 6) is 0. The summed E-state index contributed by atoms with van der Waals surface area (Å²) in [7, 11) is 3.29. The van der Waals surface area contributed by atoms with Crippen molar-refractivity contribution in [1.82, 2.24) is 10.2 Å². The third-order valence-corrected chi connectivity index (χ3v) is 2.54. The smallest absolute Gasteiger partial charge is 0.316 e. The van der Waals surface area contributed by atoms with Gasteiger partial charge in [0.1, 0.15) is 5.69 Å². The molecule has 1 rings (SSSR count). The van der Waals surface area contributed by atoms with Crippen molar-refractivity contribution >= 4 is 17.4 Å². The Kier molecular flexibility index (Phi) is 5.11. The van der Waals surface area contributed by atoms with Crippen molar-refractivity contribution < 1.29 is 9.72 Å². The number of carbonyl (C=O) groups excluding carboxylic acids is 1. The maximum Gasteiger partial charge on any atom is 0.316 e. The third-order valence-electron chi connectivity index (χ3n) is 2.54. The van der Waals surface area contributed by atoms with E-state index in [1.54, 1.807) is 39.2 Å². The zero-order valence-corrected chi connectivity index (χ0v) is 11.3. The number of rotatable bonds is 5. The van der Waals surface area contributed by atoms with Crippen LogP contribution in [-0.4, -0.2) is 43.0 Å². The first kappa shape index (κ1) is 14.7. The molecule has 0 spiro atoms. The second-order valence-electron chi connectivity index (χ2n) is 4.28. The van der Waals surface area contributed by atoms with Crippen LogP contribution in [-0.2, 0) is 0 Å². The lowest BCUT2D eigenvalue weighted by Crippen LogP contribution is -2.37. The van der Waals surface area contributed by atoms with Gasteiger partial charge in [-0.2, -0.15) is 0 Å². The summed E-state index contributed by atoms with van der Waals surface area (Å²) < 4.78 is 0. The van der Waals surface area contributed by atoms with Crippen molar-refractivity contribution in [1.29, 1.82) is 0 Å². The van der Waals surface area contributed by atoms with E-state index in [1.165, 1.54) is 4.90 Å². The van der Waals surface area contributed by atoms with Crippen LogP contribution in [0, 0.1) is 17.0 Å². The molecular formula is C12H18N4O3. The highest BCUT2D eigenvalue weighted by Gasteiger charge is 2.16. The van der Waals surface area contributed by atoms with Crippen LogP contribution in [0.4, 0.5) is 16.2 Å². The number of nitrogens with zero attached hydrogens (tertiary/aromatic N) is 2. The van der Waals surface area contributed by atoms with Gasteiger partial charge in [0.15, 0.2) is 0 Å². The molecule has 104 valence electrons. The molecule has 0 heterocycles. The topological polar surface area (TPSA) is 87.5 Å². The summed E-state index contributed by atoms with van der Waals surface area (Å²) in [4.78, 5) is 23.2. The van der Waals surface area contributed by atoms with Gasteiger partial charge in [-0.15, -0.1) is 0 Å². The van der Waals surface area contributed by atoms with E-state index in [-0.39, 0.29) is 11.7 Å². The monoisotopic (exact) mass is 266 g/mol. The summed E-state index contributed by atoms with van der Waals surface area (Å²) in [6, 6.07) is 4.90. The van der Waals surface area contributed by atoms with Crippen molar-refractivity contribution in [2.75, 3.05) is 32.5 Å². The maximum absolute atomic E-state index is 11.3. The lowest BCUT2D eigenvalue weighted by Gasteiger charge is -2.13. The van der Waals surface area contributed by atoms with E-state index in [0.717, 1.165) is 0 Å². The van der Waals surface area contributed by atoms with E-state index in [9.17, 15) is 14.9 Å². The molecule has 0 bridgehead atoms. The number of aryl methyl sites for hydroxylation is 1. The Hall–Kier alpha value is -2.31.